The van der Waals surface area contributed by atoms with Gasteiger partial charge < -0.3 is 9.67 Å². The molecule has 1 aromatic carbocycles. The molecule has 0 radical (unpaired) electrons. The van der Waals surface area contributed by atoms with E-state index >= 15 is 0 Å². The number of rotatable bonds is 4. The fourth-order valence-corrected chi connectivity index (χ4v) is 5.89. The maximum atomic E-state index is 11.1. The van der Waals surface area contributed by atoms with Gasteiger partial charge in [-0.05, 0) is 61.3 Å². The lowest BCUT2D eigenvalue weighted by Gasteiger charge is -2.39. The maximum Gasteiger partial charge on any atom is 0.304 e. The highest BCUT2D eigenvalue weighted by Crippen LogP contribution is 2.44. The van der Waals surface area contributed by atoms with Crippen molar-refractivity contribution in [3.63, 3.8) is 0 Å². The number of fused-ring (bicyclic) bond motifs is 3. The molecule has 1 fully saturated rings. The molecule has 1 aliphatic heterocycles. The molecule has 5 rings (SSSR count). The maximum absolute atomic E-state index is 11.1. The van der Waals surface area contributed by atoms with Crippen molar-refractivity contribution >= 4 is 16.9 Å². The standard InChI is InChI=1S/C23H30N2O2/c26-22(27)11-12-24-13-14-25-20-10-9-17(16-5-2-1-3-6-16)15-19(20)18-7-4-8-21(24)23(18)25/h9-10,15-16,21H,1-8,11-14H2,(H,26,27)/t21-/m0/s1. The monoisotopic (exact) mass is 366 g/mol. The van der Waals surface area contributed by atoms with E-state index in [-0.39, 0.29) is 6.42 Å². The van der Waals surface area contributed by atoms with Crippen molar-refractivity contribution in [1.82, 2.24) is 9.47 Å². The Morgan fingerprint density at radius 3 is 2.74 bits per heavy atom. The van der Waals surface area contributed by atoms with Gasteiger partial charge in [0, 0.05) is 36.2 Å². The zero-order valence-corrected chi connectivity index (χ0v) is 16.1. The van der Waals surface area contributed by atoms with Gasteiger partial charge in [0.25, 0.3) is 0 Å². The topological polar surface area (TPSA) is 45.5 Å². The minimum Gasteiger partial charge on any atom is -0.481 e. The Morgan fingerprint density at radius 1 is 1.07 bits per heavy atom. The summed E-state index contributed by atoms with van der Waals surface area (Å²) in [5, 5.41) is 10.6. The van der Waals surface area contributed by atoms with Gasteiger partial charge in [-0.1, -0.05) is 25.3 Å². The van der Waals surface area contributed by atoms with Gasteiger partial charge in [-0.3, -0.25) is 9.69 Å². The SMILES string of the molecule is O=C(O)CCN1CCn2c3c(c4cc(C5CCCCC5)ccc42)CCC[C@@H]31. The predicted molar refractivity (Wildman–Crippen MR) is 107 cm³/mol. The number of carbonyl (C=O) groups is 1. The molecule has 0 amide bonds. The molecule has 1 saturated carbocycles. The van der Waals surface area contributed by atoms with Crippen molar-refractivity contribution in [3.8, 4) is 0 Å². The van der Waals surface area contributed by atoms with Crippen LogP contribution >= 0.6 is 0 Å². The molecule has 2 aromatic rings. The van der Waals surface area contributed by atoms with Crippen LogP contribution in [-0.4, -0.2) is 33.6 Å². The third-order valence-corrected chi connectivity index (χ3v) is 7.20. The predicted octanol–water partition coefficient (Wildman–Crippen LogP) is 4.86. The molecule has 4 heteroatoms. The third-order valence-electron chi connectivity index (χ3n) is 7.20. The van der Waals surface area contributed by atoms with Crippen LogP contribution in [0.2, 0.25) is 0 Å². The zero-order valence-electron chi connectivity index (χ0n) is 16.1. The minimum absolute atomic E-state index is 0.248. The van der Waals surface area contributed by atoms with E-state index < -0.39 is 5.97 Å². The van der Waals surface area contributed by atoms with Crippen LogP contribution in [0.15, 0.2) is 18.2 Å². The molecule has 1 atom stereocenters. The number of carboxylic acid groups (broad SMARTS) is 1. The highest BCUT2D eigenvalue weighted by molar-refractivity contribution is 5.87. The van der Waals surface area contributed by atoms with E-state index in [9.17, 15) is 4.79 Å². The van der Waals surface area contributed by atoms with E-state index in [0.717, 1.165) is 19.0 Å². The first kappa shape index (κ1) is 17.3. The number of benzene rings is 1. The Balaban J connectivity index is 1.53. The second-order valence-electron chi connectivity index (χ2n) is 8.71. The van der Waals surface area contributed by atoms with Crippen molar-refractivity contribution in [3.05, 3.63) is 35.0 Å². The number of hydrogen-bond donors (Lipinski definition) is 1. The van der Waals surface area contributed by atoms with Crippen molar-refractivity contribution in [1.29, 1.82) is 0 Å². The third kappa shape index (κ3) is 2.98. The Bertz CT molecular complexity index is 863. The molecule has 4 nitrogen and oxygen atoms in total. The van der Waals surface area contributed by atoms with Crippen LogP contribution in [0.25, 0.3) is 10.9 Å². The average molecular weight is 367 g/mol. The lowest BCUT2D eigenvalue weighted by Crippen LogP contribution is -2.40. The van der Waals surface area contributed by atoms with Crippen LogP contribution in [0.5, 0.6) is 0 Å². The van der Waals surface area contributed by atoms with Gasteiger partial charge in [-0.15, -0.1) is 0 Å². The van der Waals surface area contributed by atoms with Gasteiger partial charge in [-0.2, -0.15) is 0 Å². The summed E-state index contributed by atoms with van der Waals surface area (Å²) in [5.74, 6) is 0.0630. The molecule has 144 valence electrons. The molecule has 2 aliphatic carbocycles. The second-order valence-corrected chi connectivity index (χ2v) is 8.71. The normalized spacial score (nSPS) is 23.5. The van der Waals surface area contributed by atoms with E-state index in [2.05, 4.69) is 27.7 Å². The summed E-state index contributed by atoms with van der Waals surface area (Å²) in [4.78, 5) is 13.5. The van der Waals surface area contributed by atoms with Gasteiger partial charge >= 0.3 is 5.97 Å². The average Bonchev–Trinajstić information content (AvgIpc) is 3.03. The first-order valence-corrected chi connectivity index (χ1v) is 10.8. The first-order valence-electron chi connectivity index (χ1n) is 10.8. The van der Waals surface area contributed by atoms with E-state index in [1.807, 2.05) is 0 Å². The van der Waals surface area contributed by atoms with Crippen LogP contribution in [-0.2, 0) is 17.8 Å². The molecule has 3 aliphatic rings. The van der Waals surface area contributed by atoms with E-state index in [0.29, 0.717) is 12.6 Å². The Hall–Kier alpha value is -1.81. The van der Waals surface area contributed by atoms with Crippen molar-refractivity contribution in [2.24, 2.45) is 0 Å². The molecular formula is C23H30N2O2. The number of nitrogens with zero attached hydrogens (tertiary/aromatic N) is 2. The van der Waals surface area contributed by atoms with Crippen molar-refractivity contribution in [2.75, 3.05) is 13.1 Å². The molecule has 1 aromatic heterocycles. The van der Waals surface area contributed by atoms with E-state index in [4.69, 9.17) is 5.11 Å². The Morgan fingerprint density at radius 2 is 1.93 bits per heavy atom. The minimum atomic E-state index is -0.686. The molecule has 2 heterocycles. The largest absolute Gasteiger partial charge is 0.481 e. The molecule has 0 bridgehead atoms. The number of aryl methyl sites for hydroxylation is 1. The molecular weight excluding hydrogens is 336 g/mol. The quantitative estimate of drug-likeness (QED) is 0.841. The smallest absolute Gasteiger partial charge is 0.304 e. The van der Waals surface area contributed by atoms with E-state index in [1.54, 1.807) is 11.1 Å². The van der Waals surface area contributed by atoms with Crippen molar-refractivity contribution < 1.29 is 9.90 Å². The van der Waals surface area contributed by atoms with Crippen LogP contribution in [0.4, 0.5) is 0 Å². The number of carboxylic acids is 1. The first-order chi connectivity index (χ1) is 13.2. The van der Waals surface area contributed by atoms with E-state index in [1.165, 1.54) is 68.0 Å². The Labute approximate surface area is 161 Å². The zero-order chi connectivity index (χ0) is 18.4. The van der Waals surface area contributed by atoms with Crippen LogP contribution in [0, 0.1) is 0 Å². The summed E-state index contributed by atoms with van der Waals surface area (Å²) in [7, 11) is 0. The highest BCUT2D eigenvalue weighted by atomic mass is 16.4. The van der Waals surface area contributed by atoms with Crippen LogP contribution < -0.4 is 0 Å². The molecule has 27 heavy (non-hydrogen) atoms. The van der Waals surface area contributed by atoms with Gasteiger partial charge in [-0.25, -0.2) is 0 Å². The summed E-state index contributed by atoms with van der Waals surface area (Å²) >= 11 is 0. The lowest BCUT2D eigenvalue weighted by molar-refractivity contribution is -0.137. The number of aromatic nitrogens is 1. The number of hydrogen-bond acceptors (Lipinski definition) is 2. The lowest BCUT2D eigenvalue weighted by atomic mass is 9.83. The van der Waals surface area contributed by atoms with Gasteiger partial charge in [0.15, 0.2) is 0 Å². The summed E-state index contributed by atoms with van der Waals surface area (Å²) < 4.78 is 2.55. The molecule has 0 spiro atoms. The summed E-state index contributed by atoms with van der Waals surface area (Å²) in [5.41, 5.74) is 6.00. The summed E-state index contributed by atoms with van der Waals surface area (Å²) in [6, 6.07) is 7.68. The second kappa shape index (κ2) is 6.97. The van der Waals surface area contributed by atoms with Crippen molar-refractivity contribution in [2.45, 2.75) is 76.3 Å². The fourth-order valence-electron chi connectivity index (χ4n) is 5.89. The summed E-state index contributed by atoms with van der Waals surface area (Å²) in [6.07, 6.45) is 10.7. The van der Waals surface area contributed by atoms with Gasteiger partial charge in [0.05, 0.1) is 12.5 Å². The molecule has 0 saturated heterocycles. The summed E-state index contributed by atoms with van der Waals surface area (Å²) in [6.45, 7) is 2.64. The Kier molecular flexibility index (Phi) is 4.47. The number of aliphatic carboxylic acids is 1. The highest BCUT2D eigenvalue weighted by Gasteiger charge is 2.35. The fraction of sp³-hybridized carbons (Fsp3) is 0.609. The van der Waals surface area contributed by atoms with Gasteiger partial charge in [0.2, 0.25) is 0 Å². The molecule has 0 unspecified atom stereocenters. The van der Waals surface area contributed by atoms with Crippen LogP contribution in [0.1, 0.15) is 80.1 Å². The van der Waals surface area contributed by atoms with Gasteiger partial charge in [0.1, 0.15) is 0 Å². The molecule has 1 N–H and O–H groups in total. The van der Waals surface area contributed by atoms with Crippen LogP contribution in [0.3, 0.4) is 0 Å².